The number of hydrogen-bond acceptors (Lipinski definition) is 3. The van der Waals surface area contributed by atoms with Gasteiger partial charge in [-0.05, 0) is 49.4 Å². The van der Waals surface area contributed by atoms with Gasteiger partial charge in [-0.2, -0.15) is 0 Å². The molecule has 2 heterocycles. The molecule has 1 N–H and O–H groups in total. The number of aryl methyl sites for hydroxylation is 1. The summed E-state index contributed by atoms with van der Waals surface area (Å²) in [5, 5.41) is 2.85. The Kier molecular flexibility index (Phi) is 5.12. The lowest BCUT2D eigenvalue weighted by atomic mass is 10.00. The Hall–Kier alpha value is -2.69. The fourth-order valence-electron chi connectivity index (χ4n) is 3.12. The van der Waals surface area contributed by atoms with Gasteiger partial charge in [0, 0.05) is 18.8 Å². The molecular weight excluding hydrogens is 314 g/mol. The first-order valence-corrected chi connectivity index (χ1v) is 8.68. The van der Waals surface area contributed by atoms with E-state index in [1.165, 1.54) is 0 Å². The van der Waals surface area contributed by atoms with Crippen molar-refractivity contribution < 1.29 is 9.59 Å². The van der Waals surface area contributed by atoms with Crippen LogP contribution in [0.5, 0.6) is 0 Å². The van der Waals surface area contributed by atoms with Crippen LogP contribution in [0, 0.1) is 12.8 Å². The maximum atomic E-state index is 12.7. The van der Waals surface area contributed by atoms with Crippen molar-refractivity contribution >= 4 is 17.5 Å². The van der Waals surface area contributed by atoms with E-state index >= 15 is 0 Å². The van der Waals surface area contributed by atoms with Crippen molar-refractivity contribution in [1.82, 2.24) is 9.88 Å². The standard InChI is InChI=1S/C20H23N3O2/c1-14-7-6-12-23(13-14)20(25)18-11-5-10-17(21-18)19(24)22-16-9-4-3-8-15(16)2/h3-5,8-11,14H,6-7,12-13H2,1-2H3,(H,22,24). The molecule has 1 aromatic heterocycles. The summed E-state index contributed by atoms with van der Waals surface area (Å²) >= 11 is 0. The predicted octanol–water partition coefficient (Wildman–Crippen LogP) is 3.51. The number of pyridine rings is 1. The van der Waals surface area contributed by atoms with E-state index in [1.54, 1.807) is 18.2 Å². The first-order valence-electron chi connectivity index (χ1n) is 8.68. The number of likely N-dealkylation sites (tertiary alicyclic amines) is 1. The third kappa shape index (κ3) is 4.05. The van der Waals surface area contributed by atoms with Crippen LogP contribution in [-0.4, -0.2) is 34.8 Å². The molecule has 3 rings (SSSR count). The SMILES string of the molecule is Cc1ccccc1NC(=O)c1cccc(C(=O)N2CCCC(C)C2)n1. The Morgan fingerprint density at radius 3 is 2.64 bits per heavy atom. The number of amides is 2. The van der Waals surface area contributed by atoms with Gasteiger partial charge < -0.3 is 10.2 Å². The van der Waals surface area contributed by atoms with E-state index < -0.39 is 0 Å². The van der Waals surface area contributed by atoms with E-state index in [-0.39, 0.29) is 17.5 Å². The van der Waals surface area contributed by atoms with Gasteiger partial charge >= 0.3 is 0 Å². The molecule has 0 bridgehead atoms. The molecule has 1 unspecified atom stereocenters. The Bertz CT molecular complexity index is 788. The molecule has 0 saturated carbocycles. The summed E-state index contributed by atoms with van der Waals surface area (Å²) in [5.74, 6) is 0.0956. The summed E-state index contributed by atoms with van der Waals surface area (Å²) in [6.45, 7) is 5.59. The molecule has 2 amide bonds. The topological polar surface area (TPSA) is 62.3 Å². The van der Waals surface area contributed by atoms with Gasteiger partial charge in [0.25, 0.3) is 11.8 Å². The van der Waals surface area contributed by atoms with E-state index in [0.29, 0.717) is 11.6 Å². The number of carbonyl (C=O) groups excluding carboxylic acids is 2. The van der Waals surface area contributed by atoms with Gasteiger partial charge in [0.2, 0.25) is 0 Å². The monoisotopic (exact) mass is 337 g/mol. The fourth-order valence-corrected chi connectivity index (χ4v) is 3.12. The van der Waals surface area contributed by atoms with Gasteiger partial charge in [0.1, 0.15) is 11.4 Å². The maximum absolute atomic E-state index is 12.7. The molecule has 2 aromatic rings. The number of nitrogens with zero attached hydrogens (tertiary/aromatic N) is 2. The van der Waals surface area contributed by atoms with Crippen LogP contribution in [0.1, 0.15) is 46.3 Å². The average molecular weight is 337 g/mol. The molecule has 1 aromatic carbocycles. The second-order valence-electron chi connectivity index (χ2n) is 6.68. The van der Waals surface area contributed by atoms with Gasteiger partial charge in [-0.15, -0.1) is 0 Å². The van der Waals surface area contributed by atoms with Crippen molar-refractivity contribution in [2.24, 2.45) is 5.92 Å². The Morgan fingerprint density at radius 2 is 1.88 bits per heavy atom. The maximum Gasteiger partial charge on any atom is 0.274 e. The molecule has 130 valence electrons. The Balaban J connectivity index is 1.75. The average Bonchev–Trinajstić information content (AvgIpc) is 2.63. The highest BCUT2D eigenvalue weighted by atomic mass is 16.2. The molecular formula is C20H23N3O2. The fraction of sp³-hybridized carbons (Fsp3) is 0.350. The van der Waals surface area contributed by atoms with Gasteiger partial charge in [0.05, 0.1) is 0 Å². The van der Waals surface area contributed by atoms with Crippen molar-refractivity contribution in [2.45, 2.75) is 26.7 Å². The molecule has 0 radical (unpaired) electrons. The van der Waals surface area contributed by atoms with Crippen molar-refractivity contribution in [2.75, 3.05) is 18.4 Å². The predicted molar refractivity (Wildman–Crippen MR) is 97.7 cm³/mol. The minimum absolute atomic E-state index is 0.0999. The number of anilines is 1. The normalized spacial score (nSPS) is 17.2. The van der Waals surface area contributed by atoms with Crippen molar-refractivity contribution in [3.63, 3.8) is 0 Å². The largest absolute Gasteiger partial charge is 0.337 e. The molecule has 5 nitrogen and oxygen atoms in total. The van der Waals surface area contributed by atoms with E-state index in [4.69, 9.17) is 0 Å². The lowest BCUT2D eigenvalue weighted by Gasteiger charge is -2.30. The van der Waals surface area contributed by atoms with Crippen LogP contribution < -0.4 is 5.32 Å². The second kappa shape index (κ2) is 7.47. The third-order valence-electron chi connectivity index (χ3n) is 4.54. The number of para-hydroxylation sites is 1. The number of hydrogen-bond donors (Lipinski definition) is 1. The summed E-state index contributed by atoms with van der Waals surface area (Å²) in [6.07, 6.45) is 2.16. The Labute approximate surface area is 148 Å². The summed E-state index contributed by atoms with van der Waals surface area (Å²) in [5.41, 5.74) is 2.30. The van der Waals surface area contributed by atoms with Gasteiger partial charge in [0.15, 0.2) is 0 Å². The highest BCUT2D eigenvalue weighted by Gasteiger charge is 2.23. The number of nitrogens with one attached hydrogen (secondary N) is 1. The summed E-state index contributed by atoms with van der Waals surface area (Å²) in [7, 11) is 0. The van der Waals surface area contributed by atoms with Crippen molar-refractivity contribution in [1.29, 1.82) is 0 Å². The summed E-state index contributed by atoms with van der Waals surface area (Å²) in [6, 6.07) is 12.6. The molecule has 25 heavy (non-hydrogen) atoms. The zero-order valence-electron chi connectivity index (χ0n) is 14.7. The first kappa shape index (κ1) is 17.1. The first-order chi connectivity index (χ1) is 12.0. The smallest absolute Gasteiger partial charge is 0.274 e. The zero-order valence-corrected chi connectivity index (χ0v) is 14.7. The van der Waals surface area contributed by atoms with Crippen molar-refractivity contribution in [3.8, 4) is 0 Å². The minimum atomic E-state index is -0.309. The molecule has 5 heteroatoms. The van der Waals surface area contributed by atoms with E-state index in [9.17, 15) is 9.59 Å². The van der Waals surface area contributed by atoms with Crippen LogP contribution in [0.15, 0.2) is 42.5 Å². The zero-order chi connectivity index (χ0) is 17.8. The van der Waals surface area contributed by atoms with Crippen LogP contribution in [-0.2, 0) is 0 Å². The molecule has 1 fully saturated rings. The molecule has 1 aliphatic heterocycles. The molecule has 1 aliphatic rings. The van der Waals surface area contributed by atoms with Crippen LogP contribution >= 0.6 is 0 Å². The number of rotatable bonds is 3. The number of carbonyl (C=O) groups is 2. The highest BCUT2D eigenvalue weighted by Crippen LogP contribution is 2.18. The molecule has 1 atom stereocenters. The van der Waals surface area contributed by atoms with Crippen LogP contribution in [0.25, 0.3) is 0 Å². The van der Waals surface area contributed by atoms with E-state index in [0.717, 1.165) is 37.2 Å². The Morgan fingerprint density at radius 1 is 1.12 bits per heavy atom. The lowest BCUT2D eigenvalue weighted by Crippen LogP contribution is -2.39. The van der Waals surface area contributed by atoms with E-state index in [2.05, 4.69) is 17.2 Å². The van der Waals surface area contributed by atoms with E-state index in [1.807, 2.05) is 36.1 Å². The second-order valence-corrected chi connectivity index (χ2v) is 6.68. The minimum Gasteiger partial charge on any atom is -0.337 e. The van der Waals surface area contributed by atoms with Gasteiger partial charge in [-0.1, -0.05) is 31.2 Å². The lowest BCUT2D eigenvalue weighted by molar-refractivity contribution is 0.0677. The third-order valence-corrected chi connectivity index (χ3v) is 4.54. The molecule has 0 spiro atoms. The van der Waals surface area contributed by atoms with Gasteiger partial charge in [-0.25, -0.2) is 4.98 Å². The summed E-state index contributed by atoms with van der Waals surface area (Å²) in [4.78, 5) is 31.3. The van der Waals surface area contributed by atoms with Crippen molar-refractivity contribution in [3.05, 3.63) is 59.4 Å². The number of piperidine rings is 1. The summed E-state index contributed by atoms with van der Waals surface area (Å²) < 4.78 is 0. The molecule has 1 saturated heterocycles. The van der Waals surface area contributed by atoms with Crippen LogP contribution in [0.2, 0.25) is 0 Å². The molecule has 0 aliphatic carbocycles. The van der Waals surface area contributed by atoms with Crippen LogP contribution in [0.4, 0.5) is 5.69 Å². The quantitative estimate of drug-likeness (QED) is 0.932. The number of benzene rings is 1. The van der Waals surface area contributed by atoms with Gasteiger partial charge in [-0.3, -0.25) is 9.59 Å². The highest BCUT2D eigenvalue weighted by molar-refractivity contribution is 6.04. The van der Waals surface area contributed by atoms with Crippen LogP contribution in [0.3, 0.4) is 0 Å². The number of aromatic nitrogens is 1.